The highest BCUT2D eigenvalue weighted by molar-refractivity contribution is 6.05. The molecule has 2 aliphatic rings. The zero-order chi connectivity index (χ0) is 28.9. The Morgan fingerprint density at radius 3 is 1.12 bits per heavy atom. The number of methoxy groups -OCH3 is 2. The highest BCUT2D eigenvalue weighted by atomic mass is 16.5. The van der Waals surface area contributed by atoms with Gasteiger partial charge in [-0.15, -0.1) is 0 Å². The van der Waals surface area contributed by atoms with Gasteiger partial charge in [0.25, 0.3) is 0 Å². The normalized spacial score (nSPS) is 16.0. The number of rotatable bonds is 6. The molecule has 2 bridgehead atoms. The van der Waals surface area contributed by atoms with E-state index in [9.17, 15) is 0 Å². The van der Waals surface area contributed by atoms with Crippen molar-refractivity contribution in [1.82, 2.24) is 0 Å². The standard InChI is InChI=1S/C40H30O3/c1-41-29-21-17-27(18-22-29)33-34(28-19-23-30(42-2)24-20-28)36(26-13-7-4-8-14-26)38-37(35(33)25-11-5-3-6-12-25)39-31-15-9-10-16-32(31)40(38)43-39/h3-24,39-40H,1-2H3. The molecule has 0 aromatic heterocycles. The van der Waals surface area contributed by atoms with Crippen LogP contribution in [0.25, 0.3) is 44.5 Å². The first-order valence-corrected chi connectivity index (χ1v) is 14.6. The van der Waals surface area contributed by atoms with Crippen molar-refractivity contribution in [3.63, 3.8) is 0 Å². The molecule has 0 saturated carbocycles. The summed E-state index contributed by atoms with van der Waals surface area (Å²) >= 11 is 0. The molecule has 208 valence electrons. The van der Waals surface area contributed by atoms with Crippen molar-refractivity contribution >= 4 is 0 Å². The van der Waals surface area contributed by atoms with Crippen LogP contribution in [-0.4, -0.2) is 14.2 Å². The Kier molecular flexibility index (Phi) is 6.13. The molecular weight excluding hydrogens is 528 g/mol. The van der Waals surface area contributed by atoms with Crippen LogP contribution in [0.3, 0.4) is 0 Å². The van der Waals surface area contributed by atoms with Crippen molar-refractivity contribution in [3.8, 4) is 56.0 Å². The Hall–Kier alpha value is -5.12. The highest BCUT2D eigenvalue weighted by Gasteiger charge is 2.47. The predicted octanol–water partition coefficient (Wildman–Crippen LogP) is 9.89. The van der Waals surface area contributed by atoms with Crippen molar-refractivity contribution in [2.24, 2.45) is 0 Å². The summed E-state index contributed by atoms with van der Waals surface area (Å²) in [5.41, 5.74) is 14.4. The van der Waals surface area contributed by atoms with Crippen molar-refractivity contribution in [3.05, 3.63) is 156 Å². The summed E-state index contributed by atoms with van der Waals surface area (Å²) in [6, 6.07) is 47.2. The molecule has 0 aliphatic carbocycles. The molecule has 0 spiro atoms. The van der Waals surface area contributed by atoms with E-state index in [1.54, 1.807) is 14.2 Å². The largest absolute Gasteiger partial charge is 0.497 e. The summed E-state index contributed by atoms with van der Waals surface area (Å²) in [7, 11) is 3.42. The van der Waals surface area contributed by atoms with E-state index in [1.165, 1.54) is 55.6 Å². The van der Waals surface area contributed by atoms with Crippen LogP contribution in [0, 0.1) is 0 Å². The van der Waals surface area contributed by atoms with Crippen LogP contribution in [0.15, 0.2) is 133 Å². The molecule has 2 unspecified atom stereocenters. The van der Waals surface area contributed by atoms with Gasteiger partial charge in [0.2, 0.25) is 0 Å². The second-order valence-corrected chi connectivity index (χ2v) is 11.0. The lowest BCUT2D eigenvalue weighted by atomic mass is 9.72. The first kappa shape index (κ1) is 25.6. The van der Waals surface area contributed by atoms with Gasteiger partial charge in [-0.3, -0.25) is 0 Å². The fourth-order valence-corrected chi connectivity index (χ4v) is 6.95. The molecule has 2 aliphatic heterocycles. The average Bonchev–Trinajstić information content (AvgIpc) is 3.66. The molecule has 2 heterocycles. The molecule has 0 radical (unpaired) electrons. The van der Waals surface area contributed by atoms with Crippen LogP contribution >= 0.6 is 0 Å². The maximum Gasteiger partial charge on any atom is 0.118 e. The van der Waals surface area contributed by atoms with Crippen LogP contribution < -0.4 is 9.47 Å². The Bertz CT molecular complexity index is 1800. The van der Waals surface area contributed by atoms with Crippen LogP contribution in [0.1, 0.15) is 34.5 Å². The van der Waals surface area contributed by atoms with E-state index in [1.807, 2.05) is 0 Å². The third-order valence-corrected chi connectivity index (χ3v) is 8.82. The lowest BCUT2D eigenvalue weighted by Crippen LogP contribution is -2.10. The lowest BCUT2D eigenvalue weighted by Gasteiger charge is -2.29. The molecule has 0 amide bonds. The molecule has 0 fully saturated rings. The van der Waals surface area contributed by atoms with E-state index in [-0.39, 0.29) is 12.2 Å². The molecule has 3 heteroatoms. The molecular formula is C40H30O3. The van der Waals surface area contributed by atoms with Crippen molar-refractivity contribution in [2.75, 3.05) is 14.2 Å². The SMILES string of the molecule is COc1ccc(-c2c(-c3ccc(OC)cc3)c(-c3ccccc3)c3c(c2-c2ccccc2)C2OC3c3ccccc32)cc1. The van der Waals surface area contributed by atoms with Gasteiger partial charge in [0.15, 0.2) is 0 Å². The minimum absolute atomic E-state index is 0.143. The minimum atomic E-state index is -0.143. The van der Waals surface area contributed by atoms with Gasteiger partial charge in [0.1, 0.15) is 23.7 Å². The smallest absolute Gasteiger partial charge is 0.118 e. The van der Waals surface area contributed by atoms with E-state index in [4.69, 9.17) is 14.2 Å². The van der Waals surface area contributed by atoms with E-state index < -0.39 is 0 Å². The van der Waals surface area contributed by atoms with E-state index in [2.05, 4.69) is 133 Å². The van der Waals surface area contributed by atoms with Crippen molar-refractivity contribution in [1.29, 1.82) is 0 Å². The Balaban J connectivity index is 1.58. The van der Waals surface area contributed by atoms with E-state index in [0.29, 0.717) is 0 Å². The maximum atomic E-state index is 6.95. The molecule has 6 aromatic carbocycles. The van der Waals surface area contributed by atoms with Crippen LogP contribution in [-0.2, 0) is 4.74 Å². The third kappa shape index (κ3) is 4.00. The Labute approximate surface area is 252 Å². The predicted molar refractivity (Wildman–Crippen MR) is 173 cm³/mol. The van der Waals surface area contributed by atoms with Gasteiger partial charge in [-0.05, 0) is 79.9 Å². The zero-order valence-corrected chi connectivity index (χ0v) is 24.1. The number of ether oxygens (including phenoxy) is 3. The molecule has 0 saturated heterocycles. The first-order valence-electron chi connectivity index (χ1n) is 14.6. The summed E-state index contributed by atoms with van der Waals surface area (Å²) in [5, 5.41) is 0. The number of hydrogen-bond acceptors (Lipinski definition) is 3. The third-order valence-electron chi connectivity index (χ3n) is 8.82. The average molecular weight is 559 g/mol. The quantitative estimate of drug-likeness (QED) is 0.204. The second kappa shape index (κ2) is 10.3. The summed E-state index contributed by atoms with van der Waals surface area (Å²) in [5.74, 6) is 1.66. The minimum Gasteiger partial charge on any atom is -0.497 e. The van der Waals surface area contributed by atoms with Crippen molar-refractivity contribution < 1.29 is 14.2 Å². The molecule has 0 N–H and O–H groups in total. The summed E-state index contributed by atoms with van der Waals surface area (Å²) in [6.45, 7) is 0. The van der Waals surface area contributed by atoms with Crippen LogP contribution in [0.2, 0.25) is 0 Å². The number of benzene rings is 6. The molecule has 43 heavy (non-hydrogen) atoms. The summed E-state index contributed by atoms with van der Waals surface area (Å²) in [4.78, 5) is 0. The van der Waals surface area contributed by atoms with Crippen LogP contribution in [0.5, 0.6) is 11.5 Å². The van der Waals surface area contributed by atoms with Crippen molar-refractivity contribution in [2.45, 2.75) is 12.2 Å². The summed E-state index contributed by atoms with van der Waals surface area (Å²) < 4.78 is 18.1. The van der Waals surface area contributed by atoms with E-state index in [0.717, 1.165) is 22.6 Å². The van der Waals surface area contributed by atoms with Gasteiger partial charge in [-0.25, -0.2) is 0 Å². The van der Waals surface area contributed by atoms with Gasteiger partial charge in [-0.2, -0.15) is 0 Å². The molecule has 6 aromatic rings. The topological polar surface area (TPSA) is 27.7 Å². The van der Waals surface area contributed by atoms with Gasteiger partial charge in [0.05, 0.1) is 14.2 Å². The fraction of sp³-hybridized carbons (Fsp3) is 0.100. The van der Waals surface area contributed by atoms with Crippen LogP contribution in [0.4, 0.5) is 0 Å². The van der Waals surface area contributed by atoms with Gasteiger partial charge < -0.3 is 14.2 Å². The first-order chi connectivity index (χ1) is 21.3. The monoisotopic (exact) mass is 558 g/mol. The van der Waals surface area contributed by atoms with Gasteiger partial charge in [-0.1, -0.05) is 109 Å². The number of hydrogen-bond donors (Lipinski definition) is 0. The molecule has 3 nitrogen and oxygen atoms in total. The van der Waals surface area contributed by atoms with Gasteiger partial charge >= 0.3 is 0 Å². The maximum absolute atomic E-state index is 6.95. The van der Waals surface area contributed by atoms with E-state index >= 15 is 0 Å². The summed E-state index contributed by atoms with van der Waals surface area (Å²) in [6.07, 6.45) is -0.286. The number of fused-ring (bicyclic) bond motifs is 8. The fourth-order valence-electron chi connectivity index (χ4n) is 6.95. The molecule has 2 atom stereocenters. The van der Waals surface area contributed by atoms with Gasteiger partial charge in [0, 0.05) is 11.1 Å². The molecule has 8 rings (SSSR count). The lowest BCUT2D eigenvalue weighted by molar-refractivity contribution is 0.0861. The second-order valence-electron chi connectivity index (χ2n) is 11.0. The Morgan fingerprint density at radius 2 is 0.744 bits per heavy atom. The highest BCUT2D eigenvalue weighted by Crippen LogP contribution is 2.63. The zero-order valence-electron chi connectivity index (χ0n) is 24.1. The Morgan fingerprint density at radius 1 is 0.395 bits per heavy atom.